The van der Waals surface area contributed by atoms with E-state index in [0.29, 0.717) is 17.9 Å². The number of ether oxygens (including phenoxy) is 1. The van der Waals surface area contributed by atoms with Crippen LogP contribution < -0.4 is 11.2 Å². The molecule has 3 N–H and O–H groups in total. The molecule has 0 spiro atoms. The van der Waals surface area contributed by atoms with E-state index in [4.69, 9.17) is 10.6 Å². The zero-order valence-electron chi connectivity index (χ0n) is 15.9. The molecule has 0 radical (unpaired) electrons. The largest absolute Gasteiger partial charge is 0.378 e. The molecule has 22 heavy (non-hydrogen) atoms. The molecule has 0 amide bonds. The van der Waals surface area contributed by atoms with Crippen LogP contribution in [0.3, 0.4) is 0 Å². The maximum Gasteiger partial charge on any atom is 0.0657 e. The van der Waals surface area contributed by atoms with Gasteiger partial charge in [-0.1, -0.05) is 54.5 Å². The molecule has 0 aliphatic carbocycles. The molecule has 0 saturated carbocycles. The molecule has 0 saturated heterocycles. The number of hydrogen-bond acceptors (Lipinski definition) is 4. The fourth-order valence-corrected chi connectivity index (χ4v) is 2.21. The van der Waals surface area contributed by atoms with Crippen LogP contribution in [0.25, 0.3) is 0 Å². The third kappa shape index (κ3) is 12.0. The molecule has 0 heterocycles. The van der Waals surface area contributed by atoms with Crippen molar-refractivity contribution in [3.8, 4) is 0 Å². The van der Waals surface area contributed by atoms with E-state index in [-0.39, 0.29) is 5.41 Å². The summed E-state index contributed by atoms with van der Waals surface area (Å²) in [6, 6.07) is 0. The van der Waals surface area contributed by atoms with Gasteiger partial charge in [0.15, 0.2) is 0 Å². The Morgan fingerprint density at radius 1 is 1.14 bits per heavy atom. The van der Waals surface area contributed by atoms with Crippen molar-refractivity contribution in [2.45, 2.75) is 54.9 Å². The van der Waals surface area contributed by atoms with Gasteiger partial charge in [0.05, 0.1) is 19.8 Å². The maximum atomic E-state index is 5.97. The molecule has 1 unspecified atom stereocenters. The fraction of sp³-hybridized carbons (Fsp3) is 0.889. The summed E-state index contributed by atoms with van der Waals surface area (Å²) >= 11 is 0. The Kier molecular flexibility index (Phi) is 9.97. The van der Waals surface area contributed by atoms with E-state index in [1.54, 1.807) is 5.01 Å². The first kappa shape index (κ1) is 21.4. The van der Waals surface area contributed by atoms with E-state index < -0.39 is 0 Å². The second kappa shape index (κ2) is 10.2. The first-order valence-corrected chi connectivity index (χ1v) is 8.54. The first-order chi connectivity index (χ1) is 10.1. The highest BCUT2D eigenvalue weighted by Gasteiger charge is 2.20. The van der Waals surface area contributed by atoms with Crippen LogP contribution in [0.1, 0.15) is 54.9 Å². The van der Waals surface area contributed by atoms with Crippen molar-refractivity contribution in [2.75, 3.05) is 32.8 Å². The van der Waals surface area contributed by atoms with Crippen LogP contribution in [-0.2, 0) is 4.74 Å². The number of nitrogens with zero attached hydrogens (tertiary/aromatic N) is 1. The molecule has 132 valence electrons. The van der Waals surface area contributed by atoms with Gasteiger partial charge < -0.3 is 15.1 Å². The standard InChI is InChI=1S/C18H39N3O/c1-8-16(18(5,6)7)9-11-21(19)12-14-22-13-10-20-15-17(2,3)4/h9,11,16,20H,8,10,12-15,19H2,1-7H3/b11-9-. The van der Waals surface area contributed by atoms with Gasteiger partial charge in [0.1, 0.15) is 0 Å². The van der Waals surface area contributed by atoms with Gasteiger partial charge in [0, 0.05) is 19.3 Å². The van der Waals surface area contributed by atoms with Crippen LogP contribution in [0.5, 0.6) is 0 Å². The highest BCUT2D eigenvalue weighted by molar-refractivity contribution is 4.92. The lowest BCUT2D eigenvalue weighted by Crippen LogP contribution is -2.32. The van der Waals surface area contributed by atoms with Gasteiger partial charge >= 0.3 is 0 Å². The Hall–Kier alpha value is -0.580. The van der Waals surface area contributed by atoms with E-state index >= 15 is 0 Å². The summed E-state index contributed by atoms with van der Waals surface area (Å²) in [6.07, 6.45) is 5.33. The Bertz CT molecular complexity index is 302. The molecule has 4 nitrogen and oxygen atoms in total. The molecule has 0 rings (SSSR count). The van der Waals surface area contributed by atoms with E-state index in [1.165, 1.54) is 0 Å². The highest BCUT2D eigenvalue weighted by atomic mass is 16.5. The quantitative estimate of drug-likeness (QED) is 0.369. The minimum Gasteiger partial charge on any atom is -0.378 e. The number of hydrogen-bond donors (Lipinski definition) is 2. The van der Waals surface area contributed by atoms with Crippen molar-refractivity contribution in [1.82, 2.24) is 10.3 Å². The Labute approximate surface area is 138 Å². The lowest BCUT2D eigenvalue weighted by atomic mass is 9.79. The zero-order valence-corrected chi connectivity index (χ0v) is 15.9. The van der Waals surface area contributed by atoms with Crippen molar-refractivity contribution in [3.05, 3.63) is 12.3 Å². The van der Waals surface area contributed by atoms with E-state index in [0.717, 1.165) is 32.7 Å². The molecular weight excluding hydrogens is 274 g/mol. The Morgan fingerprint density at radius 3 is 2.27 bits per heavy atom. The van der Waals surface area contributed by atoms with Crippen molar-refractivity contribution in [2.24, 2.45) is 22.6 Å². The molecule has 0 bridgehead atoms. The summed E-state index contributed by atoms with van der Waals surface area (Å²) in [7, 11) is 0. The van der Waals surface area contributed by atoms with Gasteiger partial charge in [0.2, 0.25) is 0 Å². The van der Waals surface area contributed by atoms with Crippen molar-refractivity contribution < 1.29 is 4.74 Å². The van der Waals surface area contributed by atoms with Gasteiger partial charge in [0.25, 0.3) is 0 Å². The normalized spacial score (nSPS) is 14.5. The number of hydrazine groups is 1. The topological polar surface area (TPSA) is 50.5 Å². The van der Waals surface area contributed by atoms with Crippen LogP contribution >= 0.6 is 0 Å². The molecule has 0 aromatic rings. The van der Waals surface area contributed by atoms with Crippen molar-refractivity contribution in [3.63, 3.8) is 0 Å². The molecule has 0 aromatic heterocycles. The van der Waals surface area contributed by atoms with Gasteiger partial charge in [-0.25, -0.2) is 5.84 Å². The minimum atomic E-state index is 0.279. The predicted octanol–water partition coefficient (Wildman–Crippen LogP) is 3.40. The molecule has 0 aliphatic heterocycles. The molecule has 0 fully saturated rings. The van der Waals surface area contributed by atoms with E-state index in [1.807, 2.05) is 6.20 Å². The molecule has 4 heteroatoms. The van der Waals surface area contributed by atoms with Gasteiger partial charge in [-0.15, -0.1) is 0 Å². The molecule has 0 aromatic carbocycles. The zero-order chi connectivity index (χ0) is 17.2. The monoisotopic (exact) mass is 313 g/mol. The molecule has 0 aliphatic rings. The smallest absolute Gasteiger partial charge is 0.0657 e. The average molecular weight is 314 g/mol. The molecular formula is C18H39N3O. The summed E-state index contributed by atoms with van der Waals surface area (Å²) in [5, 5.41) is 5.11. The average Bonchev–Trinajstić information content (AvgIpc) is 2.35. The highest BCUT2D eigenvalue weighted by Crippen LogP contribution is 2.29. The van der Waals surface area contributed by atoms with Crippen molar-refractivity contribution >= 4 is 0 Å². The fourth-order valence-electron chi connectivity index (χ4n) is 2.21. The van der Waals surface area contributed by atoms with Crippen LogP contribution in [-0.4, -0.2) is 37.9 Å². The second-order valence-corrected chi connectivity index (χ2v) is 8.31. The summed E-state index contributed by atoms with van der Waals surface area (Å²) in [5.41, 5.74) is 0.600. The van der Waals surface area contributed by atoms with Crippen molar-refractivity contribution in [1.29, 1.82) is 0 Å². The van der Waals surface area contributed by atoms with Crippen LogP contribution in [0, 0.1) is 16.7 Å². The van der Waals surface area contributed by atoms with Crippen LogP contribution in [0.4, 0.5) is 0 Å². The van der Waals surface area contributed by atoms with Gasteiger partial charge in [-0.3, -0.25) is 0 Å². The minimum absolute atomic E-state index is 0.279. The number of allylic oxidation sites excluding steroid dienone is 1. The predicted molar refractivity (Wildman–Crippen MR) is 96.4 cm³/mol. The second-order valence-electron chi connectivity index (χ2n) is 8.31. The number of nitrogens with one attached hydrogen (secondary N) is 1. The SMILES string of the molecule is CCC(/C=C\N(N)CCOCCNCC(C)(C)C)C(C)(C)C. The summed E-state index contributed by atoms with van der Waals surface area (Å²) in [6.45, 7) is 19.7. The summed E-state index contributed by atoms with van der Waals surface area (Å²) in [5.74, 6) is 6.51. The summed E-state index contributed by atoms with van der Waals surface area (Å²) < 4.78 is 5.60. The third-order valence-corrected chi connectivity index (χ3v) is 3.63. The van der Waals surface area contributed by atoms with Gasteiger partial charge in [-0.05, 0) is 23.2 Å². The Balaban J connectivity index is 3.76. The lowest BCUT2D eigenvalue weighted by molar-refractivity contribution is 0.116. The van der Waals surface area contributed by atoms with Crippen LogP contribution in [0.2, 0.25) is 0 Å². The number of rotatable bonds is 10. The third-order valence-electron chi connectivity index (χ3n) is 3.63. The maximum absolute atomic E-state index is 5.97. The lowest BCUT2D eigenvalue weighted by Gasteiger charge is -2.27. The van der Waals surface area contributed by atoms with Gasteiger partial charge in [-0.2, -0.15) is 0 Å². The Morgan fingerprint density at radius 2 is 1.77 bits per heavy atom. The summed E-state index contributed by atoms with van der Waals surface area (Å²) in [4.78, 5) is 0. The van der Waals surface area contributed by atoms with E-state index in [2.05, 4.69) is 59.9 Å². The van der Waals surface area contributed by atoms with E-state index in [9.17, 15) is 0 Å². The first-order valence-electron chi connectivity index (χ1n) is 8.54. The van der Waals surface area contributed by atoms with Crippen LogP contribution in [0.15, 0.2) is 12.3 Å². The molecule has 1 atom stereocenters. The number of nitrogens with two attached hydrogens (primary N) is 1.